The summed E-state index contributed by atoms with van der Waals surface area (Å²) in [5, 5.41) is 7.28. The van der Waals surface area contributed by atoms with Crippen molar-refractivity contribution in [1.29, 1.82) is 0 Å². The number of thioether (sulfide) groups is 1. The van der Waals surface area contributed by atoms with Crippen LogP contribution in [-0.4, -0.2) is 50.2 Å². The minimum Gasteiger partial charge on any atom is -0.334 e. The van der Waals surface area contributed by atoms with Crippen molar-refractivity contribution in [3.8, 4) is 0 Å². The Bertz CT molecular complexity index is 675. The number of nitrogen functional groups attached to an aromatic ring is 1. The number of carbonyl (C=O) groups is 1. The van der Waals surface area contributed by atoms with Crippen molar-refractivity contribution in [2.24, 2.45) is 5.92 Å². The van der Waals surface area contributed by atoms with Crippen LogP contribution in [0, 0.1) is 12.8 Å². The van der Waals surface area contributed by atoms with Crippen LogP contribution < -0.4 is 11.4 Å². The molecule has 1 atom stereocenters. The first-order chi connectivity index (χ1) is 11.1. The number of amides is 1. The summed E-state index contributed by atoms with van der Waals surface area (Å²) in [6.45, 7) is 1.76. The van der Waals surface area contributed by atoms with E-state index in [1.807, 2.05) is 0 Å². The number of hydrogen-bond acceptors (Lipinski definition) is 6. The van der Waals surface area contributed by atoms with E-state index < -0.39 is 30.2 Å². The van der Waals surface area contributed by atoms with Crippen molar-refractivity contribution in [2.45, 2.75) is 44.1 Å². The predicted molar refractivity (Wildman–Crippen MR) is 81.9 cm³/mol. The molecule has 0 aromatic carbocycles. The van der Waals surface area contributed by atoms with Crippen molar-refractivity contribution >= 4 is 17.7 Å². The Morgan fingerprint density at radius 2 is 2.08 bits per heavy atom. The molecule has 0 bridgehead atoms. The van der Waals surface area contributed by atoms with Crippen LogP contribution in [0.2, 0.25) is 0 Å². The molecule has 1 saturated carbocycles. The Morgan fingerprint density at radius 3 is 2.62 bits per heavy atom. The summed E-state index contributed by atoms with van der Waals surface area (Å²) in [4.78, 5) is 24.7. The number of aromatic nitrogens is 3. The van der Waals surface area contributed by atoms with E-state index >= 15 is 0 Å². The summed E-state index contributed by atoms with van der Waals surface area (Å²) in [7, 11) is 0. The van der Waals surface area contributed by atoms with Crippen LogP contribution in [0.4, 0.5) is 13.2 Å². The average Bonchev–Trinajstić information content (AvgIpc) is 3.32. The lowest BCUT2D eigenvalue weighted by atomic mass is 10.2. The summed E-state index contributed by atoms with van der Waals surface area (Å²) in [6, 6.07) is -0.483. The van der Waals surface area contributed by atoms with E-state index in [1.165, 1.54) is 6.92 Å². The Labute approximate surface area is 140 Å². The zero-order chi connectivity index (χ0) is 18.1. The fourth-order valence-electron chi connectivity index (χ4n) is 2.26. The van der Waals surface area contributed by atoms with Crippen LogP contribution in [0.25, 0.3) is 0 Å². The van der Waals surface area contributed by atoms with E-state index in [9.17, 15) is 22.8 Å². The molecule has 1 heterocycles. The largest absolute Gasteiger partial charge is 0.406 e. The molecule has 0 radical (unpaired) electrons. The van der Waals surface area contributed by atoms with Gasteiger partial charge in [-0.3, -0.25) is 9.59 Å². The molecule has 24 heavy (non-hydrogen) atoms. The molecule has 0 unspecified atom stereocenters. The number of aryl methyl sites for hydroxylation is 1. The van der Waals surface area contributed by atoms with Gasteiger partial charge in [-0.15, -0.1) is 10.2 Å². The number of hydrogen-bond donors (Lipinski definition) is 1. The third kappa shape index (κ3) is 4.62. The van der Waals surface area contributed by atoms with Crippen molar-refractivity contribution in [1.82, 2.24) is 19.8 Å². The second-order valence-electron chi connectivity index (χ2n) is 5.75. The average molecular weight is 365 g/mol. The number of nitrogens with two attached hydrogens (primary N) is 1. The third-order valence-corrected chi connectivity index (χ3v) is 4.74. The normalized spacial score (nSPS) is 16.0. The van der Waals surface area contributed by atoms with Gasteiger partial charge in [0, 0.05) is 6.04 Å². The maximum absolute atomic E-state index is 12.7. The molecule has 2 rings (SSSR count). The van der Waals surface area contributed by atoms with Gasteiger partial charge in [0.05, 0.1) is 5.75 Å². The number of alkyl halides is 3. The molecule has 1 aliphatic carbocycles. The van der Waals surface area contributed by atoms with Crippen LogP contribution in [0.5, 0.6) is 0 Å². The summed E-state index contributed by atoms with van der Waals surface area (Å²) in [6.07, 6.45) is -2.83. The molecular formula is C13H18F3N5O2S. The van der Waals surface area contributed by atoms with E-state index in [2.05, 4.69) is 10.2 Å². The first kappa shape index (κ1) is 18.6. The van der Waals surface area contributed by atoms with Crippen LogP contribution in [0.15, 0.2) is 9.95 Å². The van der Waals surface area contributed by atoms with Gasteiger partial charge in [-0.1, -0.05) is 11.8 Å². The summed E-state index contributed by atoms with van der Waals surface area (Å²) in [5.41, 5.74) is -0.479. The molecule has 11 heteroatoms. The van der Waals surface area contributed by atoms with Gasteiger partial charge in [-0.2, -0.15) is 17.8 Å². The Morgan fingerprint density at radius 1 is 1.46 bits per heavy atom. The summed E-state index contributed by atoms with van der Waals surface area (Å²) in [5.74, 6) is 4.67. The fraction of sp³-hybridized carbons (Fsp3) is 0.692. The van der Waals surface area contributed by atoms with Gasteiger partial charge in [-0.25, -0.2) is 0 Å². The highest BCUT2D eigenvalue weighted by Crippen LogP contribution is 2.36. The number of nitrogens with zero attached hydrogens (tertiary/aromatic N) is 4. The van der Waals surface area contributed by atoms with Gasteiger partial charge in [0.1, 0.15) is 12.2 Å². The summed E-state index contributed by atoms with van der Waals surface area (Å²) >= 11 is 0.788. The van der Waals surface area contributed by atoms with Crippen molar-refractivity contribution in [2.75, 3.05) is 18.1 Å². The maximum Gasteiger partial charge on any atom is 0.406 e. The molecule has 7 nitrogen and oxygen atoms in total. The molecular weight excluding hydrogens is 347 g/mol. The standard InChI is InChI=1S/C13H18F3N5O2S/c1-7-11(23)21(17)12(19-18-7)24-5-10(22)20(6-13(14,15)16)8(2)9-3-4-9/h8-9H,3-6,17H2,1-2H3/t8-/m1/s1. The number of halogens is 3. The third-order valence-electron chi connectivity index (χ3n) is 3.81. The fourth-order valence-corrected chi connectivity index (χ4v) is 3.00. The second kappa shape index (κ2) is 6.99. The lowest BCUT2D eigenvalue weighted by Gasteiger charge is -2.30. The topological polar surface area (TPSA) is 94.1 Å². The van der Waals surface area contributed by atoms with Crippen molar-refractivity contribution in [3.05, 3.63) is 16.0 Å². The monoisotopic (exact) mass is 365 g/mol. The SMILES string of the molecule is Cc1nnc(SCC(=O)N(CC(F)(F)F)[C@H](C)C2CC2)n(N)c1=O. The molecule has 1 aromatic heterocycles. The smallest absolute Gasteiger partial charge is 0.334 e. The van der Waals surface area contributed by atoms with Crippen molar-refractivity contribution < 1.29 is 18.0 Å². The van der Waals surface area contributed by atoms with Crippen LogP contribution in [0.1, 0.15) is 25.5 Å². The Kier molecular flexibility index (Phi) is 5.41. The highest BCUT2D eigenvalue weighted by Gasteiger charge is 2.40. The number of rotatable bonds is 6. The van der Waals surface area contributed by atoms with Gasteiger partial charge in [0.2, 0.25) is 11.1 Å². The molecule has 0 saturated heterocycles. The molecule has 1 fully saturated rings. The summed E-state index contributed by atoms with van der Waals surface area (Å²) < 4.78 is 39.0. The molecule has 134 valence electrons. The van der Waals surface area contributed by atoms with Crippen LogP contribution in [-0.2, 0) is 4.79 Å². The quantitative estimate of drug-likeness (QED) is 0.596. The van der Waals surface area contributed by atoms with Gasteiger partial charge in [0.25, 0.3) is 5.56 Å². The lowest BCUT2D eigenvalue weighted by molar-refractivity contribution is -0.164. The molecule has 0 spiro atoms. The minimum absolute atomic E-state index is 0.0232. The van der Waals surface area contributed by atoms with Crippen molar-refractivity contribution in [3.63, 3.8) is 0 Å². The van der Waals surface area contributed by atoms with Gasteiger partial charge in [0.15, 0.2) is 0 Å². The van der Waals surface area contributed by atoms with E-state index in [0.717, 1.165) is 34.2 Å². The second-order valence-corrected chi connectivity index (χ2v) is 6.69. The molecule has 1 aliphatic rings. The minimum atomic E-state index is -4.47. The van der Waals surface area contributed by atoms with E-state index in [-0.39, 0.29) is 22.5 Å². The first-order valence-corrected chi connectivity index (χ1v) is 8.29. The molecule has 2 N–H and O–H groups in total. The molecule has 0 aliphatic heterocycles. The number of carbonyl (C=O) groups excluding carboxylic acids is 1. The predicted octanol–water partition coefficient (Wildman–Crippen LogP) is 0.942. The highest BCUT2D eigenvalue weighted by molar-refractivity contribution is 7.99. The lowest BCUT2D eigenvalue weighted by Crippen LogP contribution is -2.46. The van der Waals surface area contributed by atoms with Crippen LogP contribution >= 0.6 is 11.8 Å². The van der Waals surface area contributed by atoms with E-state index in [0.29, 0.717) is 0 Å². The van der Waals surface area contributed by atoms with E-state index in [1.54, 1.807) is 6.92 Å². The van der Waals surface area contributed by atoms with E-state index in [4.69, 9.17) is 5.84 Å². The van der Waals surface area contributed by atoms with Crippen LogP contribution in [0.3, 0.4) is 0 Å². The molecule has 1 aromatic rings. The zero-order valence-electron chi connectivity index (χ0n) is 13.2. The Balaban J connectivity index is 2.07. The zero-order valence-corrected chi connectivity index (χ0v) is 14.0. The van der Waals surface area contributed by atoms with Gasteiger partial charge >= 0.3 is 6.18 Å². The van der Waals surface area contributed by atoms with Gasteiger partial charge in [-0.05, 0) is 32.6 Å². The molecule has 1 amide bonds. The van der Waals surface area contributed by atoms with Gasteiger partial charge < -0.3 is 10.7 Å². The first-order valence-electron chi connectivity index (χ1n) is 7.30. The highest BCUT2D eigenvalue weighted by atomic mass is 32.2. The maximum atomic E-state index is 12.7. The Hall–Kier alpha value is -1.78.